The van der Waals surface area contributed by atoms with Gasteiger partial charge in [-0.1, -0.05) is 20.3 Å². The zero-order valence-electron chi connectivity index (χ0n) is 9.16. The average molecular weight is 185 g/mol. The fourth-order valence-electron chi connectivity index (χ4n) is 2.83. The Morgan fingerprint density at radius 1 is 1.38 bits per heavy atom. The Kier molecular flexibility index (Phi) is 4.20. The van der Waals surface area contributed by atoms with E-state index < -0.39 is 0 Å². The minimum absolute atomic E-state index is 0.288. The Labute approximate surface area is 81.9 Å². The molecular formula is C11H23NO. The molecule has 0 radical (unpaired) electrons. The highest BCUT2D eigenvalue weighted by atomic mass is 16.3. The van der Waals surface area contributed by atoms with Gasteiger partial charge in [0.2, 0.25) is 0 Å². The predicted octanol–water partition coefficient (Wildman–Crippen LogP) is 1.74. The van der Waals surface area contributed by atoms with Gasteiger partial charge in [-0.3, -0.25) is 0 Å². The zero-order valence-corrected chi connectivity index (χ0v) is 9.16. The van der Waals surface area contributed by atoms with Crippen LogP contribution in [0.3, 0.4) is 0 Å². The first-order valence-electron chi connectivity index (χ1n) is 5.51. The number of nitrogens with zero attached hydrogens (tertiary/aromatic N) is 1. The minimum Gasteiger partial charge on any atom is -0.395 e. The molecule has 0 saturated heterocycles. The molecule has 0 aromatic heterocycles. The summed E-state index contributed by atoms with van der Waals surface area (Å²) in [6, 6.07) is 0.706. The molecule has 1 aliphatic carbocycles. The molecule has 1 rings (SSSR count). The molecule has 1 fully saturated rings. The van der Waals surface area contributed by atoms with Crippen LogP contribution in [0.5, 0.6) is 0 Å². The molecule has 0 aromatic rings. The molecule has 0 amide bonds. The van der Waals surface area contributed by atoms with Gasteiger partial charge in [-0.15, -0.1) is 0 Å². The van der Waals surface area contributed by atoms with Crippen molar-refractivity contribution in [1.29, 1.82) is 0 Å². The van der Waals surface area contributed by atoms with Gasteiger partial charge in [0.15, 0.2) is 0 Å². The van der Waals surface area contributed by atoms with E-state index in [1.807, 2.05) is 0 Å². The van der Waals surface area contributed by atoms with Crippen molar-refractivity contribution in [2.45, 2.75) is 39.2 Å². The number of hydrogen-bond donors (Lipinski definition) is 1. The Hall–Kier alpha value is -0.0800. The predicted molar refractivity (Wildman–Crippen MR) is 55.7 cm³/mol. The Morgan fingerprint density at radius 3 is 2.62 bits per heavy atom. The number of rotatable bonds is 4. The van der Waals surface area contributed by atoms with Crippen LogP contribution in [-0.2, 0) is 0 Å². The smallest absolute Gasteiger partial charge is 0.0558 e. The molecule has 1 aliphatic rings. The van der Waals surface area contributed by atoms with Crippen molar-refractivity contribution in [3.8, 4) is 0 Å². The molecule has 13 heavy (non-hydrogen) atoms. The van der Waals surface area contributed by atoms with Crippen LogP contribution in [0.1, 0.15) is 33.1 Å². The molecule has 0 heterocycles. The first-order valence-corrected chi connectivity index (χ1v) is 5.51. The van der Waals surface area contributed by atoms with Crippen molar-refractivity contribution in [2.24, 2.45) is 11.8 Å². The third-order valence-electron chi connectivity index (χ3n) is 3.54. The quantitative estimate of drug-likeness (QED) is 0.721. The van der Waals surface area contributed by atoms with E-state index in [1.54, 1.807) is 0 Å². The van der Waals surface area contributed by atoms with E-state index in [-0.39, 0.29) is 6.61 Å². The maximum Gasteiger partial charge on any atom is 0.0558 e. The molecular weight excluding hydrogens is 162 g/mol. The summed E-state index contributed by atoms with van der Waals surface area (Å²) < 4.78 is 0. The fourth-order valence-corrected chi connectivity index (χ4v) is 2.83. The van der Waals surface area contributed by atoms with Crippen molar-refractivity contribution >= 4 is 0 Å². The summed E-state index contributed by atoms with van der Waals surface area (Å²) in [7, 11) is 2.14. The van der Waals surface area contributed by atoms with Crippen LogP contribution in [-0.4, -0.2) is 36.2 Å². The van der Waals surface area contributed by atoms with Gasteiger partial charge < -0.3 is 10.0 Å². The number of aliphatic hydroxyl groups is 1. The summed E-state index contributed by atoms with van der Waals surface area (Å²) in [6.45, 7) is 5.73. The van der Waals surface area contributed by atoms with Gasteiger partial charge >= 0.3 is 0 Å². The summed E-state index contributed by atoms with van der Waals surface area (Å²) in [5.74, 6) is 1.66. The van der Waals surface area contributed by atoms with Crippen LogP contribution in [0.15, 0.2) is 0 Å². The largest absolute Gasteiger partial charge is 0.395 e. The van der Waals surface area contributed by atoms with E-state index in [9.17, 15) is 0 Å². The zero-order chi connectivity index (χ0) is 9.84. The number of likely N-dealkylation sites (N-methyl/N-ethyl adjacent to an activating group) is 1. The first kappa shape index (κ1) is 11.0. The summed E-state index contributed by atoms with van der Waals surface area (Å²) in [5.41, 5.74) is 0. The van der Waals surface area contributed by atoms with E-state index in [4.69, 9.17) is 5.11 Å². The summed E-state index contributed by atoms with van der Waals surface area (Å²) in [6.07, 6.45) is 4.02. The lowest BCUT2D eigenvalue weighted by Gasteiger charge is -2.31. The fraction of sp³-hybridized carbons (Fsp3) is 1.00. The third-order valence-corrected chi connectivity index (χ3v) is 3.54. The molecule has 1 saturated carbocycles. The minimum atomic E-state index is 0.288. The average Bonchev–Trinajstić information content (AvgIpc) is 2.47. The van der Waals surface area contributed by atoms with Crippen LogP contribution in [0.4, 0.5) is 0 Å². The van der Waals surface area contributed by atoms with Gasteiger partial charge in [-0.25, -0.2) is 0 Å². The second-order valence-corrected chi connectivity index (χ2v) is 4.42. The molecule has 2 nitrogen and oxygen atoms in total. The Balaban J connectivity index is 2.52. The van der Waals surface area contributed by atoms with E-state index in [0.717, 1.165) is 18.4 Å². The highest BCUT2D eigenvalue weighted by Gasteiger charge is 2.34. The monoisotopic (exact) mass is 185 g/mol. The van der Waals surface area contributed by atoms with Gasteiger partial charge in [-0.05, 0) is 31.7 Å². The van der Waals surface area contributed by atoms with Gasteiger partial charge in [-0.2, -0.15) is 0 Å². The molecule has 1 N–H and O–H groups in total. The Morgan fingerprint density at radius 2 is 2.08 bits per heavy atom. The van der Waals surface area contributed by atoms with Gasteiger partial charge in [0, 0.05) is 12.6 Å². The highest BCUT2D eigenvalue weighted by Crippen LogP contribution is 2.35. The lowest BCUT2D eigenvalue weighted by Crippen LogP contribution is -2.39. The first-order chi connectivity index (χ1) is 6.20. The second kappa shape index (κ2) is 4.97. The molecule has 0 bridgehead atoms. The van der Waals surface area contributed by atoms with Crippen LogP contribution < -0.4 is 0 Å². The molecule has 2 heteroatoms. The molecule has 0 aromatic carbocycles. The Bertz CT molecular complexity index is 149. The maximum absolute atomic E-state index is 8.90. The van der Waals surface area contributed by atoms with Crippen molar-refractivity contribution in [1.82, 2.24) is 4.90 Å². The third kappa shape index (κ3) is 2.44. The van der Waals surface area contributed by atoms with Crippen molar-refractivity contribution < 1.29 is 5.11 Å². The van der Waals surface area contributed by atoms with Crippen LogP contribution in [0.25, 0.3) is 0 Å². The molecule has 0 aliphatic heterocycles. The second-order valence-electron chi connectivity index (χ2n) is 4.42. The van der Waals surface area contributed by atoms with E-state index in [0.29, 0.717) is 6.04 Å². The summed E-state index contributed by atoms with van der Waals surface area (Å²) in [4.78, 5) is 2.34. The molecule has 0 spiro atoms. The summed E-state index contributed by atoms with van der Waals surface area (Å²) >= 11 is 0. The summed E-state index contributed by atoms with van der Waals surface area (Å²) in [5, 5.41) is 8.90. The van der Waals surface area contributed by atoms with Crippen molar-refractivity contribution in [2.75, 3.05) is 20.2 Å². The SMILES string of the molecule is CCC1CCC(C)C1N(C)CCO. The lowest BCUT2D eigenvalue weighted by molar-refractivity contribution is 0.130. The number of hydrogen-bond acceptors (Lipinski definition) is 2. The van der Waals surface area contributed by atoms with Crippen LogP contribution in [0.2, 0.25) is 0 Å². The van der Waals surface area contributed by atoms with Gasteiger partial charge in [0.05, 0.1) is 6.61 Å². The van der Waals surface area contributed by atoms with Crippen LogP contribution in [0, 0.1) is 11.8 Å². The molecule has 3 atom stereocenters. The normalized spacial score (nSPS) is 34.4. The number of aliphatic hydroxyl groups excluding tert-OH is 1. The van der Waals surface area contributed by atoms with E-state index in [2.05, 4.69) is 25.8 Å². The van der Waals surface area contributed by atoms with Crippen molar-refractivity contribution in [3.63, 3.8) is 0 Å². The van der Waals surface area contributed by atoms with Gasteiger partial charge in [0.25, 0.3) is 0 Å². The van der Waals surface area contributed by atoms with E-state index >= 15 is 0 Å². The highest BCUT2D eigenvalue weighted by molar-refractivity contribution is 4.88. The van der Waals surface area contributed by atoms with Gasteiger partial charge in [0.1, 0.15) is 0 Å². The lowest BCUT2D eigenvalue weighted by atomic mass is 9.95. The topological polar surface area (TPSA) is 23.5 Å². The molecule has 78 valence electrons. The molecule has 3 unspecified atom stereocenters. The van der Waals surface area contributed by atoms with Crippen LogP contribution >= 0.6 is 0 Å². The van der Waals surface area contributed by atoms with Crippen molar-refractivity contribution in [3.05, 3.63) is 0 Å². The van der Waals surface area contributed by atoms with E-state index in [1.165, 1.54) is 19.3 Å². The standard InChI is InChI=1S/C11H23NO/c1-4-10-6-5-9(2)11(10)12(3)7-8-13/h9-11,13H,4-8H2,1-3H3. The maximum atomic E-state index is 8.90.